The van der Waals surface area contributed by atoms with Crippen LogP contribution in [0.1, 0.15) is 21.6 Å². The van der Waals surface area contributed by atoms with E-state index in [2.05, 4.69) is 9.97 Å². The summed E-state index contributed by atoms with van der Waals surface area (Å²) in [7, 11) is 0. The molecular weight excluding hydrogens is 376 g/mol. The average Bonchev–Trinajstić information content (AvgIpc) is 3.07. The van der Waals surface area contributed by atoms with E-state index >= 15 is 0 Å². The number of carbonyl (C=O) groups is 1. The van der Waals surface area contributed by atoms with E-state index in [0.29, 0.717) is 23.6 Å². The van der Waals surface area contributed by atoms with E-state index in [0.717, 1.165) is 27.6 Å². The topological polar surface area (TPSA) is 85.9 Å². The molecule has 0 fully saturated rings. The van der Waals surface area contributed by atoms with Gasteiger partial charge >= 0.3 is 5.97 Å². The largest absolute Gasteiger partial charge is 0.477 e. The van der Waals surface area contributed by atoms with Crippen LogP contribution in [0.2, 0.25) is 5.15 Å². The van der Waals surface area contributed by atoms with Crippen LogP contribution in [0.25, 0.3) is 22.0 Å². The second-order valence-electron chi connectivity index (χ2n) is 6.58. The Balaban J connectivity index is 1.69. The molecule has 2 heterocycles. The molecule has 0 radical (unpaired) electrons. The molecule has 5 nitrogen and oxygen atoms in total. The third-order valence-corrected chi connectivity index (χ3v) is 5.14. The predicted octanol–water partition coefficient (Wildman–Crippen LogP) is 4.66. The van der Waals surface area contributed by atoms with Crippen molar-refractivity contribution in [3.05, 3.63) is 93.0 Å². The number of hydrogen-bond donors (Lipinski definition) is 3. The molecule has 0 aliphatic rings. The molecular formula is C22H17ClN2O3. The van der Waals surface area contributed by atoms with Crippen molar-refractivity contribution in [1.29, 1.82) is 0 Å². The van der Waals surface area contributed by atoms with Gasteiger partial charge in [-0.1, -0.05) is 54.1 Å². The first-order valence-electron chi connectivity index (χ1n) is 8.84. The van der Waals surface area contributed by atoms with E-state index in [1.165, 1.54) is 0 Å². The van der Waals surface area contributed by atoms with Gasteiger partial charge in [0.25, 0.3) is 5.56 Å². The maximum absolute atomic E-state index is 12.6. The average molecular weight is 393 g/mol. The van der Waals surface area contributed by atoms with Gasteiger partial charge in [-0.2, -0.15) is 0 Å². The summed E-state index contributed by atoms with van der Waals surface area (Å²) in [5.41, 5.74) is 3.94. The Morgan fingerprint density at radius 3 is 2.39 bits per heavy atom. The summed E-state index contributed by atoms with van der Waals surface area (Å²) in [6.07, 6.45) is 1.18. The van der Waals surface area contributed by atoms with Crippen LogP contribution in [0.4, 0.5) is 0 Å². The Labute approximate surface area is 165 Å². The number of fused-ring (bicyclic) bond motifs is 1. The van der Waals surface area contributed by atoms with Gasteiger partial charge in [-0.15, -0.1) is 0 Å². The number of para-hydroxylation sites is 1. The monoisotopic (exact) mass is 392 g/mol. The van der Waals surface area contributed by atoms with Crippen LogP contribution < -0.4 is 5.56 Å². The number of aromatic amines is 2. The third kappa shape index (κ3) is 3.44. The van der Waals surface area contributed by atoms with Crippen LogP contribution in [-0.2, 0) is 12.8 Å². The van der Waals surface area contributed by atoms with E-state index in [9.17, 15) is 9.59 Å². The van der Waals surface area contributed by atoms with E-state index in [4.69, 9.17) is 16.7 Å². The van der Waals surface area contributed by atoms with Gasteiger partial charge in [-0.05, 0) is 53.1 Å². The molecule has 2 aromatic heterocycles. The zero-order chi connectivity index (χ0) is 19.7. The maximum Gasteiger partial charge on any atom is 0.352 e. The number of carboxylic acid groups (broad SMARTS) is 1. The Morgan fingerprint density at radius 2 is 1.61 bits per heavy atom. The summed E-state index contributed by atoms with van der Waals surface area (Å²) in [6.45, 7) is 0. The van der Waals surface area contributed by atoms with Crippen molar-refractivity contribution in [2.24, 2.45) is 0 Å². The molecule has 0 amide bonds. The highest BCUT2D eigenvalue weighted by Gasteiger charge is 2.14. The number of aromatic carboxylic acids is 1. The van der Waals surface area contributed by atoms with Gasteiger partial charge in [0.05, 0.1) is 0 Å². The lowest BCUT2D eigenvalue weighted by atomic mass is 9.95. The quantitative estimate of drug-likeness (QED) is 0.461. The molecule has 6 heteroatoms. The fraction of sp³-hybridized carbons (Fsp3) is 0.0909. The molecule has 0 aliphatic carbocycles. The van der Waals surface area contributed by atoms with Crippen LogP contribution in [0.15, 0.2) is 65.5 Å². The molecule has 4 aromatic rings. The Bertz CT molecular complexity index is 1240. The summed E-state index contributed by atoms with van der Waals surface area (Å²) in [4.78, 5) is 29.3. The lowest BCUT2D eigenvalue weighted by molar-refractivity contribution is 0.0691. The summed E-state index contributed by atoms with van der Waals surface area (Å²) in [5.74, 6) is -1.05. The van der Waals surface area contributed by atoms with Crippen molar-refractivity contribution in [3.63, 3.8) is 0 Å². The molecule has 0 unspecified atom stereocenters. The van der Waals surface area contributed by atoms with Gasteiger partial charge in [-0.3, -0.25) is 4.79 Å². The zero-order valence-electron chi connectivity index (χ0n) is 14.8. The van der Waals surface area contributed by atoms with Crippen molar-refractivity contribution in [3.8, 4) is 11.1 Å². The van der Waals surface area contributed by atoms with Crippen molar-refractivity contribution >= 4 is 28.5 Å². The molecule has 0 bridgehead atoms. The van der Waals surface area contributed by atoms with Crippen LogP contribution in [-0.4, -0.2) is 21.0 Å². The van der Waals surface area contributed by atoms with E-state index in [-0.39, 0.29) is 11.3 Å². The molecule has 2 aromatic carbocycles. The number of H-pyrrole nitrogens is 2. The van der Waals surface area contributed by atoms with Crippen LogP contribution in [0.5, 0.6) is 0 Å². The third-order valence-electron chi connectivity index (χ3n) is 4.80. The second-order valence-corrected chi connectivity index (χ2v) is 6.96. The Kier molecular flexibility index (Phi) is 4.75. The van der Waals surface area contributed by atoms with Crippen molar-refractivity contribution in [2.45, 2.75) is 12.8 Å². The molecule has 0 saturated heterocycles. The highest BCUT2D eigenvalue weighted by Crippen LogP contribution is 2.26. The van der Waals surface area contributed by atoms with Crippen LogP contribution in [0.3, 0.4) is 0 Å². The molecule has 0 spiro atoms. The first kappa shape index (κ1) is 18.1. The van der Waals surface area contributed by atoms with Crippen LogP contribution in [0, 0.1) is 0 Å². The normalized spacial score (nSPS) is 11.0. The summed E-state index contributed by atoms with van der Waals surface area (Å²) >= 11 is 6.13. The molecule has 28 heavy (non-hydrogen) atoms. The number of nitrogens with one attached hydrogen (secondary N) is 2. The van der Waals surface area contributed by atoms with Gasteiger partial charge in [0.15, 0.2) is 0 Å². The van der Waals surface area contributed by atoms with Gasteiger partial charge in [0.2, 0.25) is 0 Å². The molecule has 0 saturated carbocycles. The molecule has 0 atom stereocenters. The molecule has 3 N–H and O–H groups in total. The van der Waals surface area contributed by atoms with Crippen LogP contribution >= 0.6 is 11.6 Å². The molecule has 4 rings (SSSR count). The standard InChI is InChI=1S/C22H17ClN2O3/c23-20-15(12-19(24-20)22(27)28)10-9-13-5-1-3-7-16(13)17-11-14-6-2-4-8-18(14)25-21(17)26/h1-8,11-12,24H,9-10H2,(H,25,26)(H,27,28). The van der Waals surface area contributed by atoms with Crippen molar-refractivity contribution in [2.75, 3.05) is 0 Å². The summed E-state index contributed by atoms with van der Waals surface area (Å²) in [5, 5.41) is 10.4. The molecule has 140 valence electrons. The Hall–Kier alpha value is -3.31. The highest BCUT2D eigenvalue weighted by molar-refractivity contribution is 6.30. The summed E-state index contributed by atoms with van der Waals surface area (Å²) in [6, 6.07) is 18.8. The van der Waals surface area contributed by atoms with Gasteiger partial charge in [-0.25, -0.2) is 4.79 Å². The molecule has 0 aliphatic heterocycles. The number of benzene rings is 2. The van der Waals surface area contributed by atoms with Gasteiger partial charge in [0, 0.05) is 11.1 Å². The lowest BCUT2D eigenvalue weighted by Gasteiger charge is -2.10. The number of aryl methyl sites for hydroxylation is 2. The number of hydrogen-bond acceptors (Lipinski definition) is 2. The van der Waals surface area contributed by atoms with Crippen molar-refractivity contribution in [1.82, 2.24) is 9.97 Å². The Morgan fingerprint density at radius 1 is 0.893 bits per heavy atom. The number of aromatic nitrogens is 2. The lowest BCUT2D eigenvalue weighted by Crippen LogP contribution is -2.10. The number of pyridine rings is 1. The number of halogens is 1. The predicted molar refractivity (Wildman–Crippen MR) is 110 cm³/mol. The van der Waals surface area contributed by atoms with E-state index in [1.54, 1.807) is 6.07 Å². The number of rotatable bonds is 5. The fourth-order valence-electron chi connectivity index (χ4n) is 3.39. The fourth-order valence-corrected chi connectivity index (χ4v) is 3.64. The first-order valence-corrected chi connectivity index (χ1v) is 9.22. The van der Waals surface area contributed by atoms with Gasteiger partial charge < -0.3 is 15.1 Å². The van der Waals surface area contributed by atoms with E-state index in [1.807, 2.05) is 54.6 Å². The summed E-state index contributed by atoms with van der Waals surface area (Å²) < 4.78 is 0. The zero-order valence-corrected chi connectivity index (χ0v) is 15.6. The highest BCUT2D eigenvalue weighted by atomic mass is 35.5. The maximum atomic E-state index is 12.6. The van der Waals surface area contributed by atoms with E-state index < -0.39 is 5.97 Å². The minimum atomic E-state index is -1.05. The minimum absolute atomic E-state index is 0.0688. The smallest absolute Gasteiger partial charge is 0.352 e. The minimum Gasteiger partial charge on any atom is -0.477 e. The van der Waals surface area contributed by atoms with Crippen molar-refractivity contribution < 1.29 is 9.90 Å². The SMILES string of the molecule is O=C(O)c1cc(CCc2ccccc2-c2cc3ccccc3[nH]c2=O)c(Cl)[nH]1. The first-order chi connectivity index (χ1) is 13.5. The number of carboxylic acids is 1. The van der Waals surface area contributed by atoms with Gasteiger partial charge in [0.1, 0.15) is 10.8 Å². The second kappa shape index (κ2) is 7.37.